The molecule has 0 unspecified atom stereocenters. The number of fused-ring (bicyclic) bond motifs is 1. The number of aromatic carboxylic acids is 1. The van der Waals surface area contributed by atoms with Crippen molar-refractivity contribution in [3.8, 4) is 0 Å². The molecule has 1 heterocycles. The molecule has 1 aromatic heterocycles. The van der Waals surface area contributed by atoms with E-state index in [1.807, 2.05) is 54.0 Å². The first-order valence-corrected chi connectivity index (χ1v) is 10.8. The molecule has 4 nitrogen and oxygen atoms in total. The molecule has 4 aromatic rings. The summed E-state index contributed by atoms with van der Waals surface area (Å²) in [4.78, 5) is 12.4. The van der Waals surface area contributed by atoms with Gasteiger partial charge < -0.3 is 15.0 Å². The van der Waals surface area contributed by atoms with Crippen LogP contribution in [0.4, 0.5) is 0 Å². The summed E-state index contributed by atoms with van der Waals surface area (Å²) < 4.78 is 1.93. The van der Waals surface area contributed by atoms with Crippen molar-refractivity contribution in [1.82, 2.24) is 9.88 Å². The third-order valence-corrected chi connectivity index (χ3v) is 5.80. The lowest BCUT2D eigenvalue weighted by Gasteiger charge is -2.11. The van der Waals surface area contributed by atoms with E-state index in [4.69, 9.17) is 0 Å². The minimum Gasteiger partial charge on any atom is -0.477 e. The van der Waals surface area contributed by atoms with E-state index in [9.17, 15) is 9.90 Å². The van der Waals surface area contributed by atoms with Crippen LogP contribution in [0.15, 0.2) is 73.3 Å². The summed E-state index contributed by atoms with van der Waals surface area (Å²) in [5.74, 6) is -0.908. The van der Waals surface area contributed by atoms with Crippen molar-refractivity contribution in [2.24, 2.45) is 0 Å². The van der Waals surface area contributed by atoms with E-state index in [0.29, 0.717) is 25.3 Å². The Balaban J connectivity index is 1.71. The van der Waals surface area contributed by atoms with Gasteiger partial charge in [0.2, 0.25) is 0 Å². The number of hydrogen-bond donors (Lipinski definition) is 2. The molecule has 4 heteroatoms. The highest BCUT2D eigenvalue weighted by molar-refractivity contribution is 5.98. The first-order valence-electron chi connectivity index (χ1n) is 10.8. The molecule has 0 spiro atoms. The number of nitrogens with zero attached hydrogens (tertiary/aromatic N) is 1. The number of carboxylic acid groups (broad SMARTS) is 1. The molecule has 0 bridgehead atoms. The minimum atomic E-state index is -0.908. The Morgan fingerprint density at radius 1 is 0.969 bits per heavy atom. The van der Waals surface area contributed by atoms with Crippen molar-refractivity contribution in [1.29, 1.82) is 0 Å². The summed E-state index contributed by atoms with van der Waals surface area (Å²) >= 11 is 0. The molecular formula is C28H28N2O2. The highest BCUT2D eigenvalue weighted by atomic mass is 16.4. The summed E-state index contributed by atoms with van der Waals surface area (Å²) in [6.45, 7) is 9.57. The molecule has 0 aliphatic heterocycles. The Kier molecular flexibility index (Phi) is 6.24. The Morgan fingerprint density at radius 3 is 2.41 bits per heavy atom. The van der Waals surface area contributed by atoms with Gasteiger partial charge in [-0.15, -0.1) is 0 Å². The van der Waals surface area contributed by atoms with Gasteiger partial charge >= 0.3 is 5.97 Å². The van der Waals surface area contributed by atoms with Crippen LogP contribution in [-0.4, -0.2) is 15.6 Å². The highest BCUT2D eigenvalue weighted by Crippen LogP contribution is 2.29. The van der Waals surface area contributed by atoms with Crippen LogP contribution in [0.2, 0.25) is 0 Å². The zero-order valence-electron chi connectivity index (χ0n) is 18.6. The predicted octanol–water partition coefficient (Wildman–Crippen LogP) is 5.94. The Hall–Kier alpha value is -3.63. The van der Waals surface area contributed by atoms with E-state index in [-0.39, 0.29) is 0 Å². The Morgan fingerprint density at radius 2 is 1.72 bits per heavy atom. The van der Waals surface area contributed by atoms with Gasteiger partial charge in [-0.1, -0.05) is 78.9 Å². The van der Waals surface area contributed by atoms with Gasteiger partial charge in [0.15, 0.2) is 0 Å². The highest BCUT2D eigenvalue weighted by Gasteiger charge is 2.22. The molecule has 4 rings (SSSR count). The number of carbonyl (C=O) groups is 1. The molecule has 0 radical (unpaired) electrons. The van der Waals surface area contributed by atoms with E-state index in [0.717, 1.165) is 33.2 Å². The van der Waals surface area contributed by atoms with Gasteiger partial charge in [0.1, 0.15) is 5.69 Å². The van der Waals surface area contributed by atoms with Gasteiger partial charge in [-0.25, -0.2) is 4.79 Å². The lowest BCUT2D eigenvalue weighted by molar-refractivity contribution is 0.0684. The van der Waals surface area contributed by atoms with Crippen LogP contribution >= 0.6 is 0 Å². The number of nitrogens with one attached hydrogen (secondary N) is 1. The second-order valence-corrected chi connectivity index (χ2v) is 8.28. The molecule has 162 valence electrons. The second-order valence-electron chi connectivity index (χ2n) is 8.28. The van der Waals surface area contributed by atoms with Crippen molar-refractivity contribution in [3.63, 3.8) is 0 Å². The summed E-state index contributed by atoms with van der Waals surface area (Å²) in [6.07, 6.45) is 1.80. The number of aryl methyl sites for hydroxylation is 2. The lowest BCUT2D eigenvalue weighted by Crippen LogP contribution is -2.17. The predicted molar refractivity (Wildman–Crippen MR) is 131 cm³/mol. The van der Waals surface area contributed by atoms with Crippen molar-refractivity contribution >= 4 is 22.9 Å². The molecule has 0 fully saturated rings. The van der Waals surface area contributed by atoms with Crippen LogP contribution in [0, 0.1) is 13.8 Å². The quantitative estimate of drug-likeness (QED) is 0.368. The van der Waals surface area contributed by atoms with Crippen LogP contribution < -0.4 is 5.32 Å². The number of carboxylic acids is 1. The average Bonchev–Trinajstić information content (AvgIpc) is 3.07. The second kappa shape index (κ2) is 9.25. The average molecular weight is 425 g/mol. The van der Waals surface area contributed by atoms with Crippen molar-refractivity contribution in [3.05, 3.63) is 112 Å². The standard InChI is InChI=1S/C28H28N2O2/c1-4-21-9-11-22(12-10-21)18-30-26-15-20(3)8-13-24(26)25(27(30)28(31)32)17-29-16-23-7-5-6-19(2)14-23/h4-15,29H,1,16-18H2,2-3H3,(H,31,32). The fourth-order valence-electron chi connectivity index (χ4n) is 4.21. The van der Waals surface area contributed by atoms with Gasteiger partial charge in [-0.3, -0.25) is 0 Å². The van der Waals surface area contributed by atoms with E-state index in [1.54, 1.807) is 6.08 Å². The third kappa shape index (κ3) is 4.51. The van der Waals surface area contributed by atoms with Crippen LogP contribution in [0.1, 0.15) is 43.9 Å². The fourth-order valence-corrected chi connectivity index (χ4v) is 4.21. The van der Waals surface area contributed by atoms with Crippen molar-refractivity contribution in [2.75, 3.05) is 0 Å². The van der Waals surface area contributed by atoms with E-state index >= 15 is 0 Å². The summed E-state index contributed by atoms with van der Waals surface area (Å²) in [5, 5.41) is 14.6. The molecular weight excluding hydrogens is 396 g/mol. The van der Waals surface area contributed by atoms with Crippen LogP contribution in [0.3, 0.4) is 0 Å². The normalized spacial score (nSPS) is 11.1. The number of hydrogen-bond acceptors (Lipinski definition) is 2. The number of benzene rings is 3. The fraction of sp³-hybridized carbons (Fsp3) is 0.179. The SMILES string of the molecule is C=Cc1ccc(Cn2c(C(=O)O)c(CNCc3cccc(C)c3)c3ccc(C)cc32)cc1. The van der Waals surface area contributed by atoms with Gasteiger partial charge in [-0.2, -0.15) is 0 Å². The van der Waals surface area contributed by atoms with Gasteiger partial charge in [0.25, 0.3) is 0 Å². The maximum absolute atomic E-state index is 12.4. The molecule has 0 saturated carbocycles. The topological polar surface area (TPSA) is 54.3 Å². The molecule has 0 atom stereocenters. The summed E-state index contributed by atoms with van der Waals surface area (Å²) in [6, 6.07) is 22.6. The molecule has 32 heavy (non-hydrogen) atoms. The number of aromatic nitrogens is 1. The smallest absolute Gasteiger partial charge is 0.352 e. The summed E-state index contributed by atoms with van der Waals surface area (Å²) in [5.41, 5.74) is 7.71. The molecule has 0 aliphatic rings. The zero-order valence-corrected chi connectivity index (χ0v) is 18.6. The van der Waals surface area contributed by atoms with Crippen LogP contribution in [0.5, 0.6) is 0 Å². The molecule has 0 saturated heterocycles. The molecule has 0 amide bonds. The minimum absolute atomic E-state index is 0.343. The maximum Gasteiger partial charge on any atom is 0.352 e. The number of rotatable bonds is 8. The van der Waals surface area contributed by atoms with Crippen molar-refractivity contribution < 1.29 is 9.90 Å². The van der Waals surface area contributed by atoms with E-state index < -0.39 is 5.97 Å². The molecule has 0 aliphatic carbocycles. The molecule has 3 aromatic carbocycles. The lowest BCUT2D eigenvalue weighted by atomic mass is 10.1. The Labute approximate surface area is 188 Å². The van der Waals surface area contributed by atoms with Gasteiger partial charge in [0.05, 0.1) is 0 Å². The van der Waals surface area contributed by atoms with Gasteiger partial charge in [-0.05, 0) is 42.2 Å². The third-order valence-electron chi connectivity index (χ3n) is 5.80. The first kappa shape index (κ1) is 21.6. The zero-order chi connectivity index (χ0) is 22.7. The van der Waals surface area contributed by atoms with Crippen LogP contribution in [-0.2, 0) is 19.6 Å². The van der Waals surface area contributed by atoms with E-state index in [2.05, 4.69) is 43.1 Å². The van der Waals surface area contributed by atoms with Crippen LogP contribution in [0.25, 0.3) is 17.0 Å². The van der Waals surface area contributed by atoms with E-state index in [1.165, 1.54) is 11.1 Å². The van der Waals surface area contributed by atoms with Gasteiger partial charge in [0, 0.05) is 36.1 Å². The monoisotopic (exact) mass is 424 g/mol. The largest absolute Gasteiger partial charge is 0.477 e. The Bertz CT molecular complexity index is 1280. The molecule has 2 N–H and O–H groups in total. The first-order chi connectivity index (χ1) is 15.5. The van der Waals surface area contributed by atoms with Crippen molar-refractivity contribution in [2.45, 2.75) is 33.5 Å². The maximum atomic E-state index is 12.4. The summed E-state index contributed by atoms with van der Waals surface area (Å²) in [7, 11) is 0.